The van der Waals surface area contributed by atoms with Crippen LogP contribution in [0.2, 0.25) is 0 Å². The first-order valence-electron chi connectivity index (χ1n) is 6.59. The van der Waals surface area contributed by atoms with Crippen LogP contribution in [0.5, 0.6) is 0 Å². The Bertz CT molecular complexity index is 263. The molecule has 1 aliphatic rings. The van der Waals surface area contributed by atoms with Crippen LogP contribution in [-0.4, -0.2) is 11.2 Å². The molecule has 92 valence electrons. The van der Waals surface area contributed by atoms with Crippen LogP contribution in [0.4, 0.5) is 0 Å². The van der Waals surface area contributed by atoms with E-state index in [1.54, 1.807) is 0 Å². The fourth-order valence-electron chi connectivity index (χ4n) is 2.50. The molecular weight excluding hydrogens is 196 g/mol. The Morgan fingerprint density at radius 2 is 2.06 bits per heavy atom. The van der Waals surface area contributed by atoms with Crippen LogP contribution >= 0.6 is 0 Å². The molecule has 0 fully saturated rings. The van der Waals surface area contributed by atoms with Crippen molar-refractivity contribution < 1.29 is 5.11 Å². The van der Waals surface area contributed by atoms with Crippen molar-refractivity contribution in [3.63, 3.8) is 0 Å². The normalized spacial score (nSPS) is 24.4. The molecular formula is C15H26O. The molecule has 1 aliphatic carbocycles. The fourth-order valence-corrected chi connectivity index (χ4v) is 2.50. The van der Waals surface area contributed by atoms with Gasteiger partial charge in [-0.3, -0.25) is 0 Å². The minimum absolute atomic E-state index is 0.265. The van der Waals surface area contributed by atoms with Gasteiger partial charge in [0.25, 0.3) is 0 Å². The third kappa shape index (κ3) is 3.79. The van der Waals surface area contributed by atoms with E-state index in [-0.39, 0.29) is 6.10 Å². The summed E-state index contributed by atoms with van der Waals surface area (Å²) in [4.78, 5) is 0. The van der Waals surface area contributed by atoms with Gasteiger partial charge in [-0.2, -0.15) is 0 Å². The van der Waals surface area contributed by atoms with E-state index in [9.17, 15) is 5.11 Å². The molecule has 0 aromatic rings. The van der Waals surface area contributed by atoms with Crippen molar-refractivity contribution in [1.82, 2.24) is 0 Å². The molecule has 0 heterocycles. The maximum atomic E-state index is 9.69. The molecule has 0 spiro atoms. The molecule has 0 saturated heterocycles. The summed E-state index contributed by atoms with van der Waals surface area (Å²) in [5.41, 5.74) is 1.44. The second-order valence-corrected chi connectivity index (χ2v) is 5.52. The van der Waals surface area contributed by atoms with E-state index < -0.39 is 0 Å². The van der Waals surface area contributed by atoms with Crippen molar-refractivity contribution in [3.8, 4) is 0 Å². The van der Waals surface area contributed by atoms with Gasteiger partial charge in [0.2, 0.25) is 0 Å². The molecule has 0 aromatic heterocycles. The van der Waals surface area contributed by atoms with Crippen LogP contribution in [-0.2, 0) is 0 Å². The average Bonchev–Trinajstić information content (AvgIpc) is 2.24. The lowest BCUT2D eigenvalue weighted by molar-refractivity contribution is 0.209. The third-order valence-corrected chi connectivity index (χ3v) is 3.62. The average molecular weight is 222 g/mol. The molecule has 0 aromatic carbocycles. The minimum atomic E-state index is -0.265. The number of rotatable bonds is 5. The van der Waals surface area contributed by atoms with Crippen molar-refractivity contribution in [2.75, 3.05) is 0 Å². The van der Waals surface area contributed by atoms with Crippen LogP contribution in [0.3, 0.4) is 0 Å². The lowest BCUT2D eigenvalue weighted by Crippen LogP contribution is -2.20. The minimum Gasteiger partial charge on any atom is -0.389 e. The Morgan fingerprint density at radius 1 is 1.38 bits per heavy atom. The Morgan fingerprint density at radius 3 is 2.56 bits per heavy atom. The summed E-state index contributed by atoms with van der Waals surface area (Å²) in [7, 11) is 0. The summed E-state index contributed by atoms with van der Waals surface area (Å²) >= 11 is 0. The first-order chi connectivity index (χ1) is 7.54. The Kier molecular flexibility index (Phi) is 5.27. The molecule has 0 bridgehead atoms. The van der Waals surface area contributed by atoms with Crippen LogP contribution in [0.25, 0.3) is 0 Å². The van der Waals surface area contributed by atoms with E-state index in [1.807, 2.05) is 12.2 Å². The van der Waals surface area contributed by atoms with Crippen LogP contribution in [0.1, 0.15) is 47.0 Å². The largest absolute Gasteiger partial charge is 0.389 e. The maximum absolute atomic E-state index is 9.69. The van der Waals surface area contributed by atoms with Gasteiger partial charge in [-0.15, -0.1) is 0 Å². The van der Waals surface area contributed by atoms with Gasteiger partial charge in [0.1, 0.15) is 0 Å². The van der Waals surface area contributed by atoms with E-state index in [0.717, 1.165) is 12.3 Å². The zero-order valence-electron chi connectivity index (χ0n) is 11.1. The van der Waals surface area contributed by atoms with Crippen molar-refractivity contribution in [2.24, 2.45) is 17.8 Å². The quantitative estimate of drug-likeness (QED) is 0.747. The molecule has 1 rings (SSSR count). The highest BCUT2D eigenvalue weighted by molar-refractivity contribution is 5.23. The van der Waals surface area contributed by atoms with E-state index in [0.29, 0.717) is 11.8 Å². The number of hydrogen-bond donors (Lipinski definition) is 1. The van der Waals surface area contributed by atoms with E-state index in [2.05, 4.69) is 33.8 Å². The van der Waals surface area contributed by atoms with Gasteiger partial charge >= 0.3 is 0 Å². The van der Waals surface area contributed by atoms with Gasteiger partial charge in [-0.1, -0.05) is 57.9 Å². The highest BCUT2D eigenvalue weighted by Crippen LogP contribution is 2.33. The standard InChI is InChI=1S/C15H26O/c1-5-12(4)15(9-11(2)3)13-7-6-8-14(16)10-13/h6-8,11-12,14-16H,5,9-10H2,1-4H3. The SMILES string of the molecule is CCC(C)C(CC(C)C)C1=CC=CC(O)C1. The fraction of sp³-hybridized carbons (Fsp3) is 0.733. The number of hydrogen-bond acceptors (Lipinski definition) is 1. The van der Waals surface area contributed by atoms with E-state index >= 15 is 0 Å². The Labute approximate surface area is 100 Å². The number of aliphatic hydroxyl groups excluding tert-OH is 1. The van der Waals surface area contributed by atoms with Gasteiger partial charge in [0.15, 0.2) is 0 Å². The molecule has 1 N–H and O–H groups in total. The third-order valence-electron chi connectivity index (χ3n) is 3.62. The predicted octanol–water partition coefficient (Wildman–Crippen LogP) is 3.94. The Balaban J connectivity index is 2.75. The van der Waals surface area contributed by atoms with Crippen molar-refractivity contribution >= 4 is 0 Å². The van der Waals surface area contributed by atoms with Gasteiger partial charge in [-0.05, 0) is 30.6 Å². The second kappa shape index (κ2) is 6.24. The summed E-state index contributed by atoms with van der Waals surface area (Å²) < 4.78 is 0. The summed E-state index contributed by atoms with van der Waals surface area (Å²) in [6, 6.07) is 0. The van der Waals surface area contributed by atoms with Gasteiger partial charge in [-0.25, -0.2) is 0 Å². The predicted molar refractivity (Wildman–Crippen MR) is 70.2 cm³/mol. The summed E-state index contributed by atoms with van der Waals surface area (Å²) in [5, 5.41) is 9.69. The highest BCUT2D eigenvalue weighted by Gasteiger charge is 2.23. The lowest BCUT2D eigenvalue weighted by atomic mass is 9.77. The van der Waals surface area contributed by atoms with Crippen LogP contribution in [0.15, 0.2) is 23.8 Å². The van der Waals surface area contributed by atoms with Crippen LogP contribution < -0.4 is 0 Å². The maximum Gasteiger partial charge on any atom is 0.0761 e. The number of allylic oxidation sites excluding steroid dienone is 2. The molecule has 0 aliphatic heterocycles. The zero-order chi connectivity index (χ0) is 12.1. The van der Waals surface area contributed by atoms with Crippen LogP contribution in [0, 0.1) is 17.8 Å². The topological polar surface area (TPSA) is 20.2 Å². The molecule has 1 heteroatoms. The zero-order valence-corrected chi connectivity index (χ0v) is 11.1. The first kappa shape index (κ1) is 13.5. The van der Waals surface area contributed by atoms with Gasteiger partial charge in [0, 0.05) is 0 Å². The number of aliphatic hydroxyl groups is 1. The summed E-state index contributed by atoms with van der Waals surface area (Å²) in [6.45, 7) is 9.16. The molecule has 3 unspecified atom stereocenters. The van der Waals surface area contributed by atoms with E-state index in [1.165, 1.54) is 18.4 Å². The summed E-state index contributed by atoms with van der Waals surface area (Å²) in [5.74, 6) is 2.08. The van der Waals surface area contributed by atoms with Crippen molar-refractivity contribution in [1.29, 1.82) is 0 Å². The lowest BCUT2D eigenvalue weighted by Gasteiger charge is -2.29. The molecule has 0 amide bonds. The van der Waals surface area contributed by atoms with Gasteiger partial charge < -0.3 is 5.11 Å². The van der Waals surface area contributed by atoms with Crippen molar-refractivity contribution in [2.45, 2.75) is 53.1 Å². The van der Waals surface area contributed by atoms with Crippen molar-refractivity contribution in [3.05, 3.63) is 23.8 Å². The Hall–Kier alpha value is -0.560. The monoisotopic (exact) mass is 222 g/mol. The second-order valence-electron chi connectivity index (χ2n) is 5.52. The van der Waals surface area contributed by atoms with Gasteiger partial charge in [0.05, 0.1) is 6.10 Å². The molecule has 16 heavy (non-hydrogen) atoms. The smallest absolute Gasteiger partial charge is 0.0761 e. The first-order valence-corrected chi connectivity index (χ1v) is 6.59. The molecule has 1 nitrogen and oxygen atoms in total. The molecule has 3 atom stereocenters. The molecule has 0 radical (unpaired) electrons. The molecule has 0 saturated carbocycles. The summed E-state index contributed by atoms with van der Waals surface area (Å²) in [6.07, 6.45) is 9.13. The van der Waals surface area contributed by atoms with E-state index in [4.69, 9.17) is 0 Å². The highest BCUT2D eigenvalue weighted by atomic mass is 16.3.